The average molecular weight is 393 g/mol. The number of amides is 2. The van der Waals surface area contributed by atoms with E-state index in [2.05, 4.69) is 5.32 Å². The molecule has 0 saturated heterocycles. The summed E-state index contributed by atoms with van der Waals surface area (Å²) < 4.78 is 19.2. The second-order valence-corrected chi connectivity index (χ2v) is 6.44. The summed E-state index contributed by atoms with van der Waals surface area (Å²) in [5, 5.41) is 2.72. The highest BCUT2D eigenvalue weighted by atomic mass is 35.5. The highest BCUT2D eigenvalue weighted by molar-refractivity contribution is 6.31. The Balaban J connectivity index is 2.27. The maximum atomic E-state index is 14.1. The Labute approximate surface area is 163 Å². The lowest BCUT2D eigenvalue weighted by Crippen LogP contribution is -2.47. The molecule has 0 aliphatic heterocycles. The number of carbonyl (C=O) groups excluding carboxylic acids is 2. The number of nitrogens with zero attached hydrogens (tertiary/aromatic N) is 1. The second-order valence-electron chi connectivity index (χ2n) is 6.04. The van der Waals surface area contributed by atoms with Gasteiger partial charge in [0.05, 0.1) is 13.5 Å². The van der Waals surface area contributed by atoms with Crippen LogP contribution in [0.15, 0.2) is 42.5 Å². The maximum Gasteiger partial charge on any atom is 0.242 e. The van der Waals surface area contributed by atoms with Crippen LogP contribution in [0.25, 0.3) is 0 Å². The zero-order chi connectivity index (χ0) is 20.0. The van der Waals surface area contributed by atoms with Gasteiger partial charge < -0.3 is 15.0 Å². The van der Waals surface area contributed by atoms with Crippen LogP contribution in [-0.4, -0.2) is 36.9 Å². The van der Waals surface area contributed by atoms with Crippen LogP contribution in [0.4, 0.5) is 4.39 Å². The molecule has 0 aliphatic carbocycles. The quantitative estimate of drug-likeness (QED) is 0.787. The van der Waals surface area contributed by atoms with E-state index in [1.807, 2.05) is 12.1 Å². The second kappa shape index (κ2) is 9.37. The number of ether oxygens (including phenoxy) is 1. The van der Waals surface area contributed by atoms with Crippen LogP contribution < -0.4 is 10.1 Å². The van der Waals surface area contributed by atoms with Crippen molar-refractivity contribution in [2.45, 2.75) is 25.9 Å². The van der Waals surface area contributed by atoms with Gasteiger partial charge in [0.2, 0.25) is 11.8 Å². The first-order chi connectivity index (χ1) is 12.9. The van der Waals surface area contributed by atoms with Gasteiger partial charge in [-0.3, -0.25) is 9.59 Å². The van der Waals surface area contributed by atoms with E-state index in [1.54, 1.807) is 26.2 Å². The molecule has 2 amide bonds. The van der Waals surface area contributed by atoms with Crippen LogP contribution in [0.2, 0.25) is 5.02 Å². The normalized spacial score (nSPS) is 11.6. The summed E-state index contributed by atoms with van der Waals surface area (Å²) in [6, 6.07) is 10.7. The fourth-order valence-electron chi connectivity index (χ4n) is 2.67. The molecule has 2 rings (SSSR count). The number of methoxy groups -OCH3 is 1. The Hall–Kier alpha value is -2.60. The van der Waals surface area contributed by atoms with Gasteiger partial charge in [-0.2, -0.15) is 0 Å². The van der Waals surface area contributed by atoms with Crippen LogP contribution in [0.5, 0.6) is 5.75 Å². The molecule has 144 valence electrons. The monoisotopic (exact) mass is 392 g/mol. The van der Waals surface area contributed by atoms with Gasteiger partial charge in [0.25, 0.3) is 0 Å². The Kier molecular flexibility index (Phi) is 7.19. The highest BCUT2D eigenvalue weighted by Gasteiger charge is 2.26. The van der Waals surface area contributed by atoms with E-state index in [-0.39, 0.29) is 29.5 Å². The zero-order valence-electron chi connectivity index (χ0n) is 15.5. The van der Waals surface area contributed by atoms with Crippen LogP contribution in [0, 0.1) is 5.82 Å². The van der Waals surface area contributed by atoms with Gasteiger partial charge in [-0.05, 0) is 36.8 Å². The summed E-state index contributed by atoms with van der Waals surface area (Å²) >= 11 is 6.04. The van der Waals surface area contributed by atoms with Crippen LogP contribution in [-0.2, 0) is 22.6 Å². The minimum Gasteiger partial charge on any atom is -0.497 e. The summed E-state index contributed by atoms with van der Waals surface area (Å²) in [4.78, 5) is 26.4. The van der Waals surface area contributed by atoms with Crippen molar-refractivity contribution in [3.63, 3.8) is 0 Å². The van der Waals surface area contributed by atoms with Crippen molar-refractivity contribution >= 4 is 23.4 Å². The van der Waals surface area contributed by atoms with E-state index < -0.39 is 17.8 Å². The zero-order valence-corrected chi connectivity index (χ0v) is 16.2. The SMILES string of the molecule is CNC(=O)C(C)N(Cc1ccc(OC)cc1)C(=O)Cc1c(F)cccc1Cl. The number of carbonyl (C=O) groups is 2. The first-order valence-electron chi connectivity index (χ1n) is 8.44. The summed E-state index contributed by atoms with van der Waals surface area (Å²) in [7, 11) is 3.07. The van der Waals surface area contributed by atoms with E-state index in [9.17, 15) is 14.0 Å². The molecule has 1 unspecified atom stereocenters. The molecule has 5 nitrogen and oxygen atoms in total. The fraction of sp³-hybridized carbons (Fsp3) is 0.300. The van der Waals surface area contributed by atoms with Crippen LogP contribution in [0.3, 0.4) is 0 Å². The van der Waals surface area contributed by atoms with Gasteiger partial charge in [-0.15, -0.1) is 0 Å². The third-order valence-electron chi connectivity index (χ3n) is 4.32. The number of hydrogen-bond donors (Lipinski definition) is 1. The summed E-state index contributed by atoms with van der Waals surface area (Å²) in [6.45, 7) is 1.83. The minimum absolute atomic E-state index is 0.119. The van der Waals surface area contributed by atoms with Crippen molar-refractivity contribution in [3.05, 3.63) is 64.4 Å². The third-order valence-corrected chi connectivity index (χ3v) is 4.67. The maximum absolute atomic E-state index is 14.1. The Morgan fingerprint density at radius 1 is 1.22 bits per heavy atom. The van der Waals surface area contributed by atoms with Gasteiger partial charge in [-0.1, -0.05) is 29.8 Å². The number of benzene rings is 2. The first-order valence-corrected chi connectivity index (χ1v) is 8.82. The number of hydrogen-bond acceptors (Lipinski definition) is 3. The van der Waals surface area contributed by atoms with E-state index in [0.717, 1.165) is 5.56 Å². The molecule has 27 heavy (non-hydrogen) atoms. The molecule has 0 heterocycles. The molecule has 0 saturated carbocycles. The Morgan fingerprint density at radius 2 is 1.89 bits per heavy atom. The molecule has 0 bridgehead atoms. The minimum atomic E-state index is -0.727. The molecule has 0 fully saturated rings. The Bertz CT molecular complexity index is 791. The van der Waals surface area contributed by atoms with Gasteiger partial charge in [0, 0.05) is 24.2 Å². The van der Waals surface area contributed by atoms with Crippen molar-refractivity contribution in [1.82, 2.24) is 10.2 Å². The molecule has 0 radical (unpaired) electrons. The van der Waals surface area contributed by atoms with Gasteiger partial charge in [0.15, 0.2) is 0 Å². The lowest BCUT2D eigenvalue weighted by Gasteiger charge is -2.28. The first kappa shape index (κ1) is 20.7. The molecule has 2 aromatic rings. The van der Waals surface area contributed by atoms with Crippen molar-refractivity contribution in [2.24, 2.45) is 0 Å². The van der Waals surface area contributed by atoms with E-state index in [4.69, 9.17) is 16.3 Å². The smallest absolute Gasteiger partial charge is 0.242 e. The third kappa shape index (κ3) is 5.20. The topological polar surface area (TPSA) is 58.6 Å². The molecule has 0 aliphatic rings. The highest BCUT2D eigenvalue weighted by Crippen LogP contribution is 2.22. The van der Waals surface area contributed by atoms with Crippen LogP contribution >= 0.6 is 11.6 Å². The van der Waals surface area contributed by atoms with Gasteiger partial charge in [-0.25, -0.2) is 4.39 Å². The van der Waals surface area contributed by atoms with Gasteiger partial charge >= 0.3 is 0 Å². The summed E-state index contributed by atoms with van der Waals surface area (Å²) in [5.41, 5.74) is 0.938. The molecular weight excluding hydrogens is 371 g/mol. The molecular formula is C20H22ClFN2O3. The Morgan fingerprint density at radius 3 is 2.44 bits per heavy atom. The fourth-order valence-corrected chi connectivity index (χ4v) is 2.90. The molecule has 2 aromatic carbocycles. The predicted molar refractivity (Wildman–Crippen MR) is 102 cm³/mol. The molecule has 7 heteroatoms. The van der Waals surface area contributed by atoms with Crippen molar-refractivity contribution in [2.75, 3.05) is 14.2 Å². The lowest BCUT2D eigenvalue weighted by atomic mass is 10.1. The van der Waals surface area contributed by atoms with Crippen molar-refractivity contribution in [3.8, 4) is 5.75 Å². The van der Waals surface area contributed by atoms with Crippen molar-refractivity contribution in [1.29, 1.82) is 0 Å². The van der Waals surface area contributed by atoms with Gasteiger partial charge in [0.1, 0.15) is 17.6 Å². The summed E-state index contributed by atoms with van der Waals surface area (Å²) in [6.07, 6.45) is -0.233. The van der Waals surface area contributed by atoms with Crippen LogP contribution in [0.1, 0.15) is 18.1 Å². The molecule has 1 N–H and O–H groups in total. The van der Waals surface area contributed by atoms with E-state index >= 15 is 0 Å². The van der Waals surface area contributed by atoms with E-state index in [0.29, 0.717) is 5.75 Å². The van der Waals surface area contributed by atoms with E-state index in [1.165, 1.54) is 30.1 Å². The molecule has 0 spiro atoms. The lowest BCUT2D eigenvalue weighted by molar-refractivity contribution is -0.139. The number of halogens is 2. The largest absolute Gasteiger partial charge is 0.497 e. The molecule has 0 aromatic heterocycles. The predicted octanol–water partition coefficient (Wildman–Crippen LogP) is 3.19. The standard InChI is InChI=1S/C20H22ClFN2O3/c1-13(20(26)23-2)24(12-14-7-9-15(27-3)10-8-14)19(25)11-16-17(21)5-4-6-18(16)22/h4-10,13H,11-12H2,1-3H3,(H,23,26). The number of rotatable bonds is 7. The van der Waals surface area contributed by atoms with Crippen molar-refractivity contribution < 1.29 is 18.7 Å². The number of nitrogens with one attached hydrogen (secondary N) is 1. The number of likely N-dealkylation sites (N-methyl/N-ethyl adjacent to an activating group) is 1. The summed E-state index contributed by atoms with van der Waals surface area (Å²) in [5.74, 6) is -0.563. The average Bonchev–Trinajstić information content (AvgIpc) is 2.68. The molecule has 1 atom stereocenters.